The van der Waals surface area contributed by atoms with Crippen LogP contribution in [0.3, 0.4) is 0 Å². The Morgan fingerprint density at radius 1 is 1.26 bits per heavy atom. The summed E-state index contributed by atoms with van der Waals surface area (Å²) in [6.45, 7) is 6.53. The number of hydrogen-bond acceptors (Lipinski definition) is 2. The zero-order valence-electron chi connectivity index (χ0n) is 11.8. The van der Waals surface area contributed by atoms with Crippen LogP contribution >= 0.6 is 0 Å². The molecule has 2 heteroatoms. The molecule has 0 heterocycles. The van der Waals surface area contributed by atoms with Crippen LogP contribution < -0.4 is 4.74 Å². The summed E-state index contributed by atoms with van der Waals surface area (Å²) in [5.41, 5.74) is 1.03. The normalized spacial score (nSPS) is 17.9. The highest BCUT2D eigenvalue weighted by Crippen LogP contribution is 2.22. The molecule has 1 aromatic carbocycles. The molecule has 0 N–H and O–H groups in total. The van der Waals surface area contributed by atoms with Gasteiger partial charge in [-0.15, -0.1) is 0 Å². The van der Waals surface area contributed by atoms with Gasteiger partial charge in [-0.05, 0) is 25.8 Å². The molecule has 0 radical (unpaired) electrons. The predicted octanol–water partition coefficient (Wildman–Crippen LogP) is 4.45. The maximum atomic E-state index is 5.94. The molecule has 104 valence electrons. The summed E-state index contributed by atoms with van der Waals surface area (Å²) in [7, 11) is 0. The fourth-order valence-corrected chi connectivity index (χ4v) is 2.51. The molecule has 2 nitrogen and oxygen atoms in total. The zero-order valence-corrected chi connectivity index (χ0v) is 11.8. The highest BCUT2D eigenvalue weighted by atomic mass is 16.5. The molecule has 1 fully saturated rings. The lowest BCUT2D eigenvalue weighted by Gasteiger charge is -2.24. The SMILES string of the molecule is C=Cc1ccccc1OC(C)COC1CCCCC1. The van der Waals surface area contributed by atoms with Crippen molar-refractivity contribution < 1.29 is 9.47 Å². The second kappa shape index (κ2) is 7.34. The standard InChI is InChI=1S/C17H24O2/c1-3-15-9-7-8-12-17(15)19-14(2)13-18-16-10-5-4-6-11-16/h3,7-9,12,14,16H,1,4-6,10-11,13H2,2H3. The molecule has 0 saturated heterocycles. The van der Waals surface area contributed by atoms with Crippen LogP contribution in [0.2, 0.25) is 0 Å². The molecule has 0 bridgehead atoms. The van der Waals surface area contributed by atoms with E-state index in [0.717, 1.165) is 11.3 Å². The van der Waals surface area contributed by atoms with Crippen molar-refractivity contribution in [3.05, 3.63) is 36.4 Å². The van der Waals surface area contributed by atoms with E-state index in [-0.39, 0.29) is 6.10 Å². The van der Waals surface area contributed by atoms with Gasteiger partial charge in [0.05, 0.1) is 12.7 Å². The van der Waals surface area contributed by atoms with E-state index in [1.54, 1.807) is 0 Å². The lowest BCUT2D eigenvalue weighted by Crippen LogP contribution is -2.25. The summed E-state index contributed by atoms with van der Waals surface area (Å²) in [5, 5.41) is 0. The van der Waals surface area contributed by atoms with E-state index in [1.807, 2.05) is 30.3 Å². The Kier molecular flexibility index (Phi) is 5.46. The Bertz CT molecular complexity index is 394. The van der Waals surface area contributed by atoms with Gasteiger partial charge in [-0.25, -0.2) is 0 Å². The molecule has 0 spiro atoms. The van der Waals surface area contributed by atoms with Gasteiger partial charge in [-0.2, -0.15) is 0 Å². The van der Waals surface area contributed by atoms with Gasteiger partial charge < -0.3 is 9.47 Å². The molecule has 0 amide bonds. The Morgan fingerprint density at radius 3 is 2.74 bits per heavy atom. The van der Waals surface area contributed by atoms with Gasteiger partial charge in [0.25, 0.3) is 0 Å². The van der Waals surface area contributed by atoms with Crippen molar-refractivity contribution in [3.63, 3.8) is 0 Å². The predicted molar refractivity (Wildman–Crippen MR) is 79.4 cm³/mol. The topological polar surface area (TPSA) is 18.5 Å². The van der Waals surface area contributed by atoms with Crippen molar-refractivity contribution in [1.29, 1.82) is 0 Å². The van der Waals surface area contributed by atoms with Crippen molar-refractivity contribution in [3.8, 4) is 5.75 Å². The Hall–Kier alpha value is -1.28. The van der Waals surface area contributed by atoms with Crippen LogP contribution in [-0.4, -0.2) is 18.8 Å². The Morgan fingerprint density at radius 2 is 2.00 bits per heavy atom. The molecule has 1 aliphatic carbocycles. The second-order valence-electron chi connectivity index (χ2n) is 5.26. The minimum absolute atomic E-state index is 0.0722. The quantitative estimate of drug-likeness (QED) is 0.752. The Labute approximate surface area is 116 Å². The first-order valence-corrected chi connectivity index (χ1v) is 7.29. The van der Waals surface area contributed by atoms with Crippen LogP contribution in [0.1, 0.15) is 44.6 Å². The average Bonchev–Trinajstić information content (AvgIpc) is 2.47. The van der Waals surface area contributed by atoms with E-state index in [2.05, 4.69) is 13.5 Å². The van der Waals surface area contributed by atoms with Gasteiger partial charge >= 0.3 is 0 Å². The molecule has 1 atom stereocenters. The fraction of sp³-hybridized carbons (Fsp3) is 0.529. The third-order valence-electron chi connectivity index (χ3n) is 3.59. The van der Waals surface area contributed by atoms with Crippen LogP contribution in [0.25, 0.3) is 6.08 Å². The molecular weight excluding hydrogens is 236 g/mol. The molecule has 1 saturated carbocycles. The minimum atomic E-state index is 0.0722. The molecule has 1 unspecified atom stereocenters. The molecule has 2 rings (SSSR count). The van der Waals surface area contributed by atoms with Gasteiger partial charge in [-0.3, -0.25) is 0 Å². The summed E-state index contributed by atoms with van der Waals surface area (Å²) in [4.78, 5) is 0. The van der Waals surface area contributed by atoms with Crippen molar-refractivity contribution in [2.45, 2.75) is 51.2 Å². The monoisotopic (exact) mass is 260 g/mol. The number of benzene rings is 1. The van der Waals surface area contributed by atoms with Gasteiger partial charge in [0, 0.05) is 5.56 Å². The summed E-state index contributed by atoms with van der Waals surface area (Å²) in [5.74, 6) is 0.886. The van der Waals surface area contributed by atoms with Crippen LogP contribution in [0.5, 0.6) is 5.75 Å². The van der Waals surface area contributed by atoms with Crippen molar-refractivity contribution in [2.24, 2.45) is 0 Å². The summed E-state index contributed by atoms with van der Waals surface area (Å²) in [6.07, 6.45) is 8.71. The van der Waals surface area contributed by atoms with E-state index >= 15 is 0 Å². The zero-order chi connectivity index (χ0) is 13.5. The smallest absolute Gasteiger partial charge is 0.127 e. The third kappa shape index (κ3) is 4.39. The lowest BCUT2D eigenvalue weighted by atomic mass is 9.98. The van der Waals surface area contributed by atoms with Gasteiger partial charge in [0.2, 0.25) is 0 Å². The highest BCUT2D eigenvalue weighted by molar-refractivity contribution is 5.55. The third-order valence-corrected chi connectivity index (χ3v) is 3.59. The molecule has 0 aliphatic heterocycles. The van der Waals surface area contributed by atoms with Crippen molar-refractivity contribution in [1.82, 2.24) is 0 Å². The molecule has 1 aromatic rings. The number of hydrogen-bond donors (Lipinski definition) is 0. The van der Waals surface area contributed by atoms with Crippen LogP contribution in [0.4, 0.5) is 0 Å². The maximum Gasteiger partial charge on any atom is 0.127 e. The van der Waals surface area contributed by atoms with E-state index in [1.165, 1.54) is 32.1 Å². The molecular formula is C17H24O2. The molecule has 19 heavy (non-hydrogen) atoms. The Balaban J connectivity index is 1.80. The van der Waals surface area contributed by atoms with Crippen LogP contribution in [0, 0.1) is 0 Å². The summed E-state index contributed by atoms with van der Waals surface area (Å²) < 4.78 is 11.9. The van der Waals surface area contributed by atoms with Crippen LogP contribution in [0.15, 0.2) is 30.8 Å². The number of para-hydroxylation sites is 1. The van der Waals surface area contributed by atoms with Gasteiger partial charge in [-0.1, -0.05) is 50.1 Å². The van der Waals surface area contributed by atoms with E-state index in [0.29, 0.717) is 12.7 Å². The highest BCUT2D eigenvalue weighted by Gasteiger charge is 2.15. The summed E-state index contributed by atoms with van der Waals surface area (Å²) in [6, 6.07) is 7.97. The van der Waals surface area contributed by atoms with Gasteiger partial charge in [0.1, 0.15) is 11.9 Å². The van der Waals surface area contributed by atoms with Crippen molar-refractivity contribution in [2.75, 3.05) is 6.61 Å². The van der Waals surface area contributed by atoms with E-state index < -0.39 is 0 Å². The first-order chi connectivity index (χ1) is 9.29. The first kappa shape index (κ1) is 14.1. The first-order valence-electron chi connectivity index (χ1n) is 7.29. The largest absolute Gasteiger partial charge is 0.488 e. The van der Waals surface area contributed by atoms with E-state index in [4.69, 9.17) is 9.47 Å². The van der Waals surface area contributed by atoms with Gasteiger partial charge in [0.15, 0.2) is 0 Å². The second-order valence-corrected chi connectivity index (χ2v) is 5.26. The van der Waals surface area contributed by atoms with E-state index in [9.17, 15) is 0 Å². The summed E-state index contributed by atoms with van der Waals surface area (Å²) >= 11 is 0. The fourth-order valence-electron chi connectivity index (χ4n) is 2.51. The van der Waals surface area contributed by atoms with Crippen molar-refractivity contribution >= 4 is 6.08 Å². The maximum absolute atomic E-state index is 5.94. The molecule has 1 aliphatic rings. The molecule has 0 aromatic heterocycles. The lowest BCUT2D eigenvalue weighted by molar-refractivity contribution is -0.0108. The van der Waals surface area contributed by atoms with Crippen LogP contribution in [-0.2, 0) is 4.74 Å². The number of rotatable bonds is 6. The minimum Gasteiger partial charge on any atom is -0.488 e. The number of ether oxygens (including phenoxy) is 2. The average molecular weight is 260 g/mol.